The lowest BCUT2D eigenvalue weighted by molar-refractivity contribution is -0.752. The van der Waals surface area contributed by atoms with Crippen molar-refractivity contribution in [2.75, 3.05) is 18.5 Å². The number of rotatable bonds is 10. The van der Waals surface area contributed by atoms with E-state index < -0.39 is 27.9 Å². The van der Waals surface area contributed by atoms with E-state index in [0.717, 1.165) is 5.56 Å². The number of nitrogens with one attached hydrogen (secondary N) is 1. The lowest BCUT2D eigenvalue weighted by Crippen LogP contribution is -2.45. The van der Waals surface area contributed by atoms with Crippen LogP contribution in [0.15, 0.2) is 62.3 Å². The molecule has 2 amide bonds. The monoisotopic (exact) mass is 614 g/mol. The number of nitrogens with zero attached hydrogens (tertiary/aromatic N) is 5. The third-order valence-electron chi connectivity index (χ3n) is 6.51. The van der Waals surface area contributed by atoms with E-state index in [9.17, 15) is 22.8 Å². The molecular weight excluding hydrogens is 584 g/mol. The molecule has 1 saturated heterocycles. The van der Waals surface area contributed by atoms with Crippen molar-refractivity contribution >= 4 is 50.8 Å². The number of ether oxygens (including phenoxy) is 1. The molecule has 1 fully saturated rings. The normalized spacial score (nSPS) is 15.8. The van der Waals surface area contributed by atoms with Crippen molar-refractivity contribution < 1.29 is 36.7 Å². The Morgan fingerprint density at radius 2 is 1.81 bits per heavy atom. The second-order valence-corrected chi connectivity index (χ2v) is 11.4. The van der Waals surface area contributed by atoms with Gasteiger partial charge < -0.3 is 19.5 Å². The van der Waals surface area contributed by atoms with Crippen molar-refractivity contribution in [2.24, 2.45) is 11.4 Å². The predicted octanol–water partition coefficient (Wildman–Crippen LogP) is 1.18. The Bertz CT molecular complexity index is 1680. The minimum atomic E-state index is -4.14. The molecule has 0 saturated carbocycles. The van der Waals surface area contributed by atoms with Crippen molar-refractivity contribution in [2.45, 2.75) is 44.7 Å². The van der Waals surface area contributed by atoms with E-state index in [0.29, 0.717) is 11.3 Å². The standard InChI is InChI=1S/C27H30N6O7S2/c1-5-32-25(35)21(15-23(34)28-19-11-9-18(10-12-19)26(36)39-6-2)33(27(32)41)16-22-24(40-30-31(22)4)29-42(37,38)20-13-7-17(3)8-14-20/h7-14,21H,5-6,15-16H2,1-4H3,(H,28,34)/b29-24-. The molecule has 13 nitrogen and oxygen atoms in total. The SMILES string of the molecule is CCOC(=O)c1ccc(NC(=O)CC2C(=O)N(CC)C(=S)N2Cc2/c(=N/S(=O)(=O)c3ccc(C)cc3)o[n-][n+]2C)cc1. The minimum absolute atomic E-state index is 0.0213. The molecule has 0 radical (unpaired) electrons. The van der Waals surface area contributed by atoms with Crippen LogP contribution in [0.5, 0.6) is 0 Å². The molecule has 222 valence electrons. The maximum absolute atomic E-state index is 13.3. The van der Waals surface area contributed by atoms with E-state index in [4.69, 9.17) is 21.5 Å². The van der Waals surface area contributed by atoms with E-state index in [-0.39, 0.29) is 53.3 Å². The second kappa shape index (κ2) is 12.7. The van der Waals surface area contributed by atoms with Gasteiger partial charge in [-0.1, -0.05) is 17.7 Å². The zero-order valence-electron chi connectivity index (χ0n) is 23.4. The molecule has 1 N–H and O–H groups in total. The van der Waals surface area contributed by atoms with Gasteiger partial charge in [-0.25, -0.2) is 9.48 Å². The molecule has 42 heavy (non-hydrogen) atoms. The van der Waals surface area contributed by atoms with E-state index in [1.807, 2.05) is 6.92 Å². The maximum Gasteiger partial charge on any atom is 0.338 e. The number of sulfonamides is 1. The van der Waals surface area contributed by atoms with Crippen LogP contribution >= 0.6 is 12.2 Å². The summed E-state index contributed by atoms with van der Waals surface area (Å²) < 4.78 is 41.3. The molecule has 0 bridgehead atoms. The van der Waals surface area contributed by atoms with Crippen molar-refractivity contribution in [1.82, 2.24) is 15.1 Å². The Balaban J connectivity index is 1.57. The zero-order valence-corrected chi connectivity index (χ0v) is 25.1. The van der Waals surface area contributed by atoms with Crippen molar-refractivity contribution in [3.05, 3.63) is 70.9 Å². The zero-order chi connectivity index (χ0) is 30.6. The number of benzene rings is 2. The summed E-state index contributed by atoms with van der Waals surface area (Å²) in [7, 11) is -2.60. The molecule has 0 spiro atoms. The summed E-state index contributed by atoms with van der Waals surface area (Å²) >= 11 is 5.56. The number of thiocarbonyl (C=S) groups is 1. The molecular formula is C27H30N6O7S2. The molecule has 2 aromatic carbocycles. The average molecular weight is 615 g/mol. The number of carbonyl (C=O) groups is 3. The number of hydrogen-bond acceptors (Lipinski definition) is 8. The molecule has 1 aliphatic rings. The van der Waals surface area contributed by atoms with Gasteiger partial charge in [-0.05, 0) is 69.4 Å². The maximum atomic E-state index is 13.3. The van der Waals surface area contributed by atoms with E-state index in [1.54, 1.807) is 38.1 Å². The molecule has 1 aliphatic heterocycles. The highest BCUT2D eigenvalue weighted by Crippen LogP contribution is 2.23. The summed E-state index contributed by atoms with van der Waals surface area (Å²) in [6.45, 7) is 5.71. The lowest BCUT2D eigenvalue weighted by Gasteiger charge is -2.22. The number of aromatic nitrogens is 2. The van der Waals surface area contributed by atoms with Gasteiger partial charge in [0.1, 0.15) is 19.6 Å². The summed E-state index contributed by atoms with van der Waals surface area (Å²) in [6.07, 6.45) is -0.252. The van der Waals surface area contributed by atoms with Gasteiger partial charge in [0.15, 0.2) is 5.11 Å². The van der Waals surface area contributed by atoms with Crippen LogP contribution < -0.4 is 20.8 Å². The Hall–Kier alpha value is -4.37. The number of aryl methyl sites for hydroxylation is 2. The first-order valence-electron chi connectivity index (χ1n) is 13.0. The van der Waals surface area contributed by atoms with Crippen LogP contribution in [-0.4, -0.2) is 60.3 Å². The number of amides is 2. The summed E-state index contributed by atoms with van der Waals surface area (Å²) in [4.78, 5) is 41.0. The van der Waals surface area contributed by atoms with Gasteiger partial charge in [-0.2, -0.15) is 8.42 Å². The highest BCUT2D eigenvalue weighted by Gasteiger charge is 2.44. The number of esters is 1. The van der Waals surface area contributed by atoms with Gasteiger partial charge >= 0.3 is 5.97 Å². The Morgan fingerprint density at radius 3 is 2.43 bits per heavy atom. The molecule has 15 heteroatoms. The van der Waals surface area contributed by atoms with Crippen LogP contribution in [0, 0.1) is 6.92 Å². The summed E-state index contributed by atoms with van der Waals surface area (Å²) in [5, 5.41) is 6.71. The van der Waals surface area contributed by atoms with Gasteiger partial charge in [-0.15, -0.1) is 4.40 Å². The molecule has 4 rings (SSSR count). The van der Waals surface area contributed by atoms with Crippen LogP contribution in [0.3, 0.4) is 0 Å². The van der Waals surface area contributed by atoms with E-state index >= 15 is 0 Å². The first kappa shape index (κ1) is 30.6. The predicted molar refractivity (Wildman–Crippen MR) is 152 cm³/mol. The number of likely N-dealkylation sites (N-methyl/N-ethyl adjacent to an activating group) is 1. The summed E-state index contributed by atoms with van der Waals surface area (Å²) in [5.41, 5.74) is 1.61. The van der Waals surface area contributed by atoms with Crippen molar-refractivity contribution in [1.29, 1.82) is 0 Å². The minimum Gasteiger partial charge on any atom is -0.486 e. The number of anilines is 1. The van der Waals surface area contributed by atoms with Gasteiger partial charge in [-0.3, -0.25) is 19.8 Å². The highest BCUT2D eigenvalue weighted by molar-refractivity contribution is 7.90. The Kier molecular flexibility index (Phi) is 9.21. The molecule has 2 heterocycles. The summed E-state index contributed by atoms with van der Waals surface area (Å²) in [5.74, 6) is -1.32. The number of carbonyl (C=O) groups excluding carboxylic acids is 3. The van der Waals surface area contributed by atoms with Crippen LogP contribution in [0.2, 0.25) is 0 Å². The van der Waals surface area contributed by atoms with Crippen LogP contribution in [0.4, 0.5) is 5.69 Å². The smallest absolute Gasteiger partial charge is 0.338 e. The first-order valence-corrected chi connectivity index (χ1v) is 14.9. The van der Waals surface area contributed by atoms with Crippen LogP contribution in [0.1, 0.15) is 41.9 Å². The van der Waals surface area contributed by atoms with Crippen molar-refractivity contribution in [3.63, 3.8) is 0 Å². The molecule has 1 atom stereocenters. The van der Waals surface area contributed by atoms with Crippen LogP contribution in [-0.2, 0) is 37.9 Å². The van der Waals surface area contributed by atoms with E-state index in [2.05, 4.69) is 15.0 Å². The van der Waals surface area contributed by atoms with Crippen LogP contribution in [0.25, 0.3) is 0 Å². The Labute approximate surface area is 247 Å². The lowest BCUT2D eigenvalue weighted by atomic mass is 10.1. The molecule has 1 aromatic heterocycles. The summed E-state index contributed by atoms with van der Waals surface area (Å²) in [6, 6.07) is 11.4. The molecule has 1 unspecified atom stereocenters. The first-order chi connectivity index (χ1) is 19.9. The third-order valence-corrected chi connectivity index (χ3v) is 8.24. The topological polar surface area (TPSA) is 157 Å². The molecule has 3 aromatic rings. The third kappa shape index (κ3) is 6.57. The fraction of sp³-hybridized carbons (Fsp3) is 0.333. The highest BCUT2D eigenvalue weighted by atomic mass is 32.2. The Morgan fingerprint density at radius 1 is 1.14 bits per heavy atom. The number of hydrogen-bond donors (Lipinski definition) is 1. The second-order valence-electron chi connectivity index (χ2n) is 9.39. The van der Waals surface area contributed by atoms with Gasteiger partial charge in [0.25, 0.3) is 27.2 Å². The van der Waals surface area contributed by atoms with Gasteiger partial charge in [0.2, 0.25) is 5.91 Å². The quantitative estimate of drug-likeness (QED) is 0.200. The average Bonchev–Trinajstić information content (AvgIpc) is 3.39. The van der Waals surface area contributed by atoms with Gasteiger partial charge in [0.05, 0.1) is 23.5 Å². The largest absolute Gasteiger partial charge is 0.486 e. The molecule has 0 aliphatic carbocycles. The van der Waals surface area contributed by atoms with Gasteiger partial charge in [0, 0.05) is 12.2 Å². The van der Waals surface area contributed by atoms with Crippen molar-refractivity contribution in [3.8, 4) is 0 Å². The fourth-order valence-corrected chi connectivity index (χ4v) is 5.62. The fourth-order valence-electron chi connectivity index (χ4n) is 4.27. The van der Waals surface area contributed by atoms with E-state index in [1.165, 1.54) is 45.8 Å².